The number of aromatic carboxylic acids is 1. The maximum atomic E-state index is 13.4. The third-order valence-corrected chi connectivity index (χ3v) is 6.93. The Hall–Kier alpha value is -3.75. The highest BCUT2D eigenvalue weighted by Gasteiger charge is 2.29. The van der Waals surface area contributed by atoms with E-state index < -0.39 is 5.97 Å². The van der Waals surface area contributed by atoms with E-state index in [0.29, 0.717) is 31.6 Å². The molecule has 1 atom stereocenters. The number of amides is 2. The van der Waals surface area contributed by atoms with Gasteiger partial charge in [-0.25, -0.2) is 14.3 Å². The van der Waals surface area contributed by atoms with Gasteiger partial charge in [-0.05, 0) is 55.4 Å². The molecule has 9 nitrogen and oxygen atoms in total. The molecule has 0 saturated carbocycles. The van der Waals surface area contributed by atoms with E-state index in [2.05, 4.69) is 15.4 Å². The average Bonchev–Trinajstić information content (AvgIpc) is 3.37. The fraction of sp³-hybridized carbons (Fsp3) is 0.400. The molecule has 1 aliphatic heterocycles. The standard InChI is InChI=1S/C25H27N5O4/c1-15-16-8-9-19(18(16)7-6-17(15)25(33)34)28-23(31)21-14-20(27-22-10-11-26-30(21)22)24(32)29-12-4-2-3-5-13-29/h6-7,10-11,14,19H,2-5,8-9,12-13H2,1H3,(H,28,31)(H,33,34)/t19-/m0/s1. The quantitative estimate of drug-likeness (QED) is 0.616. The van der Waals surface area contributed by atoms with Crippen molar-refractivity contribution >= 4 is 23.4 Å². The zero-order valence-electron chi connectivity index (χ0n) is 19.1. The van der Waals surface area contributed by atoms with Gasteiger partial charge in [-0.1, -0.05) is 18.9 Å². The fourth-order valence-corrected chi connectivity index (χ4v) is 5.11. The van der Waals surface area contributed by atoms with Gasteiger partial charge in [0.25, 0.3) is 11.8 Å². The molecule has 1 fully saturated rings. The molecule has 1 aromatic carbocycles. The van der Waals surface area contributed by atoms with Crippen molar-refractivity contribution in [3.05, 3.63) is 64.1 Å². The van der Waals surface area contributed by atoms with Gasteiger partial charge in [-0.15, -0.1) is 0 Å². The van der Waals surface area contributed by atoms with Gasteiger partial charge in [0.2, 0.25) is 0 Å². The van der Waals surface area contributed by atoms with Crippen LogP contribution in [0, 0.1) is 6.92 Å². The molecular weight excluding hydrogens is 434 g/mol. The number of benzene rings is 1. The zero-order chi connectivity index (χ0) is 23.8. The van der Waals surface area contributed by atoms with E-state index in [0.717, 1.165) is 42.4 Å². The van der Waals surface area contributed by atoms with Crippen molar-refractivity contribution in [1.29, 1.82) is 0 Å². The minimum Gasteiger partial charge on any atom is -0.478 e. The van der Waals surface area contributed by atoms with Crippen molar-refractivity contribution in [2.75, 3.05) is 13.1 Å². The number of fused-ring (bicyclic) bond motifs is 2. The highest BCUT2D eigenvalue weighted by molar-refractivity contribution is 5.98. The lowest BCUT2D eigenvalue weighted by atomic mass is 9.98. The van der Waals surface area contributed by atoms with Crippen molar-refractivity contribution < 1.29 is 19.5 Å². The van der Waals surface area contributed by atoms with Gasteiger partial charge in [0.1, 0.15) is 11.4 Å². The van der Waals surface area contributed by atoms with Crippen molar-refractivity contribution in [3.63, 3.8) is 0 Å². The smallest absolute Gasteiger partial charge is 0.335 e. The maximum Gasteiger partial charge on any atom is 0.335 e. The van der Waals surface area contributed by atoms with Crippen LogP contribution in [0.3, 0.4) is 0 Å². The Labute approximate surface area is 196 Å². The molecule has 34 heavy (non-hydrogen) atoms. The molecule has 0 bridgehead atoms. The Bertz CT molecular complexity index is 1290. The van der Waals surface area contributed by atoms with E-state index in [1.165, 1.54) is 10.6 Å². The first kappa shape index (κ1) is 22.1. The number of nitrogens with one attached hydrogen (secondary N) is 1. The molecule has 2 aliphatic rings. The van der Waals surface area contributed by atoms with Crippen LogP contribution in [-0.2, 0) is 6.42 Å². The molecular formula is C25H27N5O4. The molecule has 0 spiro atoms. The zero-order valence-corrected chi connectivity index (χ0v) is 19.1. The predicted octanol–water partition coefficient (Wildman–Crippen LogP) is 3.17. The normalized spacial score (nSPS) is 17.9. The highest BCUT2D eigenvalue weighted by Crippen LogP contribution is 2.35. The van der Waals surface area contributed by atoms with Gasteiger partial charge in [-0.2, -0.15) is 5.10 Å². The van der Waals surface area contributed by atoms with Gasteiger partial charge in [0.15, 0.2) is 5.65 Å². The van der Waals surface area contributed by atoms with Crippen LogP contribution in [0.1, 0.15) is 86.2 Å². The Balaban J connectivity index is 1.43. The number of likely N-dealkylation sites (tertiary alicyclic amines) is 1. The summed E-state index contributed by atoms with van der Waals surface area (Å²) in [6.07, 6.45) is 7.10. The number of aromatic nitrogens is 3. The van der Waals surface area contributed by atoms with Crippen LogP contribution in [0.4, 0.5) is 0 Å². The molecule has 1 saturated heterocycles. The summed E-state index contributed by atoms with van der Waals surface area (Å²) < 4.78 is 1.45. The topological polar surface area (TPSA) is 117 Å². The van der Waals surface area contributed by atoms with Crippen LogP contribution >= 0.6 is 0 Å². The second kappa shape index (κ2) is 8.89. The van der Waals surface area contributed by atoms with Crippen LogP contribution in [0.2, 0.25) is 0 Å². The Morgan fingerprint density at radius 1 is 1.09 bits per heavy atom. The lowest BCUT2D eigenvalue weighted by Crippen LogP contribution is -2.34. The van der Waals surface area contributed by atoms with E-state index in [-0.39, 0.29) is 34.8 Å². The maximum absolute atomic E-state index is 13.4. The molecule has 0 unspecified atom stereocenters. The number of carboxylic acid groups (broad SMARTS) is 1. The van der Waals surface area contributed by atoms with E-state index in [1.54, 1.807) is 24.4 Å². The Kier molecular flexibility index (Phi) is 5.77. The largest absolute Gasteiger partial charge is 0.478 e. The monoisotopic (exact) mass is 461 g/mol. The van der Waals surface area contributed by atoms with E-state index in [4.69, 9.17) is 0 Å². The molecule has 176 valence electrons. The van der Waals surface area contributed by atoms with Crippen LogP contribution < -0.4 is 5.32 Å². The Morgan fingerprint density at radius 2 is 1.85 bits per heavy atom. The molecule has 3 aromatic rings. The Morgan fingerprint density at radius 3 is 2.59 bits per heavy atom. The summed E-state index contributed by atoms with van der Waals surface area (Å²) >= 11 is 0. The molecule has 2 amide bonds. The van der Waals surface area contributed by atoms with E-state index in [1.807, 2.05) is 11.8 Å². The van der Waals surface area contributed by atoms with Gasteiger partial charge < -0.3 is 15.3 Å². The second-order valence-electron chi connectivity index (χ2n) is 9.01. The van der Waals surface area contributed by atoms with Crippen LogP contribution in [0.5, 0.6) is 0 Å². The summed E-state index contributed by atoms with van der Waals surface area (Å²) in [6.45, 7) is 3.20. The molecule has 9 heteroatoms. The summed E-state index contributed by atoms with van der Waals surface area (Å²) in [5.41, 5.74) is 3.87. The number of nitrogens with zero attached hydrogens (tertiary/aromatic N) is 4. The third-order valence-electron chi connectivity index (χ3n) is 6.93. The molecule has 2 N–H and O–H groups in total. The number of carboxylic acids is 1. The number of carbonyl (C=O) groups excluding carboxylic acids is 2. The fourth-order valence-electron chi connectivity index (χ4n) is 5.11. The van der Waals surface area contributed by atoms with Gasteiger partial charge in [0, 0.05) is 25.2 Å². The lowest BCUT2D eigenvalue weighted by molar-refractivity contribution is 0.0694. The summed E-state index contributed by atoms with van der Waals surface area (Å²) in [5, 5.41) is 16.7. The lowest BCUT2D eigenvalue weighted by Gasteiger charge is -2.20. The molecule has 0 radical (unpaired) electrons. The number of hydrogen-bond acceptors (Lipinski definition) is 5. The average molecular weight is 462 g/mol. The van der Waals surface area contributed by atoms with Gasteiger partial charge in [-0.3, -0.25) is 9.59 Å². The number of rotatable bonds is 4. The van der Waals surface area contributed by atoms with Crippen molar-refractivity contribution in [2.45, 2.75) is 51.5 Å². The first-order chi connectivity index (χ1) is 16.4. The molecule has 2 aromatic heterocycles. The second-order valence-corrected chi connectivity index (χ2v) is 9.01. The minimum atomic E-state index is -0.952. The van der Waals surface area contributed by atoms with E-state index >= 15 is 0 Å². The number of carbonyl (C=O) groups is 3. The SMILES string of the molecule is Cc1c(C(=O)O)ccc2c1CC[C@@H]2NC(=O)c1cc(C(=O)N2CCCCCC2)nc2ccnn12. The summed E-state index contributed by atoms with van der Waals surface area (Å²) in [4.78, 5) is 44.3. The van der Waals surface area contributed by atoms with Crippen LogP contribution in [0.15, 0.2) is 30.5 Å². The number of hydrogen-bond donors (Lipinski definition) is 2. The first-order valence-electron chi connectivity index (χ1n) is 11.7. The van der Waals surface area contributed by atoms with Crippen LogP contribution in [-0.4, -0.2) is 55.5 Å². The summed E-state index contributed by atoms with van der Waals surface area (Å²) in [7, 11) is 0. The first-order valence-corrected chi connectivity index (χ1v) is 11.7. The minimum absolute atomic E-state index is 0.164. The van der Waals surface area contributed by atoms with Crippen molar-refractivity contribution in [3.8, 4) is 0 Å². The molecule has 3 heterocycles. The van der Waals surface area contributed by atoms with Gasteiger partial charge >= 0.3 is 5.97 Å². The third kappa shape index (κ3) is 3.91. The predicted molar refractivity (Wildman–Crippen MR) is 124 cm³/mol. The molecule has 1 aliphatic carbocycles. The van der Waals surface area contributed by atoms with Gasteiger partial charge in [0.05, 0.1) is 17.8 Å². The highest BCUT2D eigenvalue weighted by atomic mass is 16.4. The summed E-state index contributed by atoms with van der Waals surface area (Å²) in [5.74, 6) is -1.46. The van der Waals surface area contributed by atoms with E-state index in [9.17, 15) is 19.5 Å². The van der Waals surface area contributed by atoms with Crippen LogP contribution in [0.25, 0.3) is 5.65 Å². The molecule has 5 rings (SSSR count). The van der Waals surface area contributed by atoms with Crippen molar-refractivity contribution in [1.82, 2.24) is 24.8 Å². The summed E-state index contributed by atoms with van der Waals surface area (Å²) in [6, 6.07) is 6.34. The van der Waals surface area contributed by atoms with Crippen molar-refractivity contribution in [2.24, 2.45) is 0 Å².